The molecule has 3 fully saturated rings. The van der Waals surface area contributed by atoms with Crippen LogP contribution in [0, 0.1) is 22.7 Å². The Morgan fingerprint density at radius 3 is 2.81 bits per heavy atom. The predicted octanol–water partition coefficient (Wildman–Crippen LogP) is 5.00. The van der Waals surface area contributed by atoms with Crippen LogP contribution in [-0.2, 0) is 27.2 Å². The quantitative estimate of drug-likeness (QED) is 0.471. The number of hydrogen-bond acceptors (Lipinski definition) is 5. The van der Waals surface area contributed by atoms with Crippen LogP contribution in [0.3, 0.4) is 0 Å². The summed E-state index contributed by atoms with van der Waals surface area (Å²) in [6, 6.07) is 2.14. The monoisotopic (exact) mass is 429 g/mol. The zero-order valence-corrected chi connectivity index (χ0v) is 19.6. The molecule has 172 valence electrons. The van der Waals surface area contributed by atoms with E-state index in [9.17, 15) is 4.79 Å². The lowest BCUT2D eigenvalue weighted by Crippen LogP contribution is -2.53. The molecule has 2 aliphatic carbocycles. The average molecular weight is 430 g/mol. The maximum Gasteiger partial charge on any atom is 0.311 e. The van der Waals surface area contributed by atoms with Gasteiger partial charge in [-0.1, -0.05) is 25.5 Å². The van der Waals surface area contributed by atoms with E-state index in [-0.39, 0.29) is 16.8 Å². The molecule has 1 aromatic rings. The van der Waals surface area contributed by atoms with Crippen molar-refractivity contribution in [2.45, 2.75) is 65.3 Å². The van der Waals surface area contributed by atoms with Gasteiger partial charge in [-0.15, -0.1) is 0 Å². The first-order chi connectivity index (χ1) is 14.9. The van der Waals surface area contributed by atoms with E-state index in [0.29, 0.717) is 11.8 Å². The lowest BCUT2D eigenvalue weighted by molar-refractivity contribution is -0.168. The molecule has 0 N–H and O–H groups in total. The Balaban J connectivity index is 1.49. The topological polar surface area (TPSA) is 51.9 Å². The molecule has 4 unspecified atom stereocenters. The van der Waals surface area contributed by atoms with Crippen molar-refractivity contribution in [3.8, 4) is 0 Å². The number of aryl methyl sites for hydroxylation is 1. The predicted molar refractivity (Wildman–Crippen MR) is 121 cm³/mol. The SMILES string of the molecule is C=C1CCC2C(C)(C(=O)OC)CCCC2(C)C1CCc1ccoc1CN1CCOCC1. The van der Waals surface area contributed by atoms with Crippen molar-refractivity contribution in [1.82, 2.24) is 4.90 Å². The number of methoxy groups -OCH3 is 1. The summed E-state index contributed by atoms with van der Waals surface area (Å²) in [4.78, 5) is 15.2. The Labute approximate surface area is 187 Å². The van der Waals surface area contributed by atoms with Crippen LogP contribution in [0.4, 0.5) is 0 Å². The largest absolute Gasteiger partial charge is 0.469 e. The van der Waals surface area contributed by atoms with Crippen molar-refractivity contribution in [3.05, 3.63) is 35.8 Å². The molecule has 4 atom stereocenters. The first-order valence-corrected chi connectivity index (χ1v) is 12.0. The van der Waals surface area contributed by atoms with Crippen LogP contribution in [-0.4, -0.2) is 44.3 Å². The minimum atomic E-state index is -0.377. The number of carbonyl (C=O) groups excluding carboxylic acids is 1. The van der Waals surface area contributed by atoms with Crippen molar-refractivity contribution in [1.29, 1.82) is 0 Å². The van der Waals surface area contributed by atoms with Crippen molar-refractivity contribution in [2.24, 2.45) is 22.7 Å². The van der Waals surface area contributed by atoms with Gasteiger partial charge in [0.15, 0.2) is 0 Å². The Hall–Kier alpha value is -1.59. The second-order valence-corrected chi connectivity index (χ2v) is 10.4. The molecule has 1 aromatic heterocycles. The van der Waals surface area contributed by atoms with Crippen LogP contribution in [0.2, 0.25) is 0 Å². The highest BCUT2D eigenvalue weighted by molar-refractivity contribution is 5.77. The number of allylic oxidation sites excluding steroid dienone is 1. The van der Waals surface area contributed by atoms with Crippen molar-refractivity contribution in [3.63, 3.8) is 0 Å². The fourth-order valence-corrected chi connectivity index (χ4v) is 6.95. The van der Waals surface area contributed by atoms with Crippen LogP contribution in [0.1, 0.15) is 63.7 Å². The molecule has 1 saturated heterocycles. The van der Waals surface area contributed by atoms with Crippen LogP contribution < -0.4 is 0 Å². The summed E-state index contributed by atoms with van der Waals surface area (Å²) in [5.74, 6) is 1.85. The summed E-state index contributed by atoms with van der Waals surface area (Å²) < 4.78 is 16.6. The molecule has 0 spiro atoms. The summed E-state index contributed by atoms with van der Waals surface area (Å²) in [5, 5.41) is 0. The molecule has 2 saturated carbocycles. The van der Waals surface area contributed by atoms with E-state index < -0.39 is 0 Å². The number of carbonyl (C=O) groups is 1. The van der Waals surface area contributed by atoms with Crippen molar-refractivity contribution in [2.75, 3.05) is 33.4 Å². The van der Waals surface area contributed by atoms with Gasteiger partial charge in [-0.2, -0.15) is 0 Å². The molecule has 0 bridgehead atoms. The van der Waals surface area contributed by atoms with E-state index in [4.69, 9.17) is 13.9 Å². The van der Waals surface area contributed by atoms with E-state index in [1.54, 1.807) is 0 Å². The number of fused-ring (bicyclic) bond motifs is 1. The van der Waals surface area contributed by atoms with Gasteiger partial charge in [0.25, 0.3) is 0 Å². The van der Waals surface area contributed by atoms with E-state index in [2.05, 4.69) is 31.4 Å². The van der Waals surface area contributed by atoms with Gasteiger partial charge >= 0.3 is 5.97 Å². The minimum Gasteiger partial charge on any atom is -0.469 e. The standard InChI is InChI=1S/C26H39NO4/c1-19-6-9-23-25(2,11-5-12-26(23,3)24(28)29-4)21(19)8-7-20-10-15-31-22(20)18-27-13-16-30-17-14-27/h10,15,21,23H,1,5-9,11-14,16-18H2,2-4H3. The number of ether oxygens (including phenoxy) is 2. The van der Waals surface area contributed by atoms with Crippen LogP contribution >= 0.6 is 0 Å². The molecule has 1 aliphatic heterocycles. The van der Waals surface area contributed by atoms with E-state index in [0.717, 1.165) is 77.1 Å². The number of morpholine rings is 1. The Kier molecular flexibility index (Phi) is 6.64. The van der Waals surface area contributed by atoms with Crippen LogP contribution in [0.5, 0.6) is 0 Å². The van der Waals surface area contributed by atoms with Crippen LogP contribution in [0.25, 0.3) is 0 Å². The number of rotatable bonds is 6. The van der Waals surface area contributed by atoms with E-state index >= 15 is 0 Å². The summed E-state index contributed by atoms with van der Waals surface area (Å²) in [5.41, 5.74) is 2.41. The average Bonchev–Trinajstić information content (AvgIpc) is 3.20. The molecular weight excluding hydrogens is 390 g/mol. The van der Waals surface area contributed by atoms with E-state index in [1.807, 2.05) is 6.26 Å². The van der Waals surface area contributed by atoms with Gasteiger partial charge in [0.05, 0.1) is 38.5 Å². The summed E-state index contributed by atoms with van der Waals surface area (Å²) in [7, 11) is 1.54. The summed E-state index contributed by atoms with van der Waals surface area (Å²) in [6.45, 7) is 13.4. The first-order valence-electron chi connectivity index (χ1n) is 12.0. The Morgan fingerprint density at radius 1 is 1.29 bits per heavy atom. The fourth-order valence-electron chi connectivity index (χ4n) is 6.95. The number of esters is 1. The number of furan rings is 1. The van der Waals surface area contributed by atoms with Gasteiger partial charge < -0.3 is 13.9 Å². The maximum atomic E-state index is 12.8. The number of nitrogens with zero attached hydrogens (tertiary/aromatic N) is 1. The normalized spacial score (nSPS) is 34.4. The van der Waals surface area contributed by atoms with Crippen LogP contribution in [0.15, 0.2) is 28.9 Å². The smallest absolute Gasteiger partial charge is 0.311 e. The van der Waals surface area contributed by atoms with Gasteiger partial charge in [-0.25, -0.2) is 0 Å². The Bertz CT molecular complexity index is 795. The van der Waals surface area contributed by atoms with E-state index in [1.165, 1.54) is 24.7 Å². The van der Waals surface area contributed by atoms with Gasteiger partial charge in [0.2, 0.25) is 0 Å². The highest BCUT2D eigenvalue weighted by atomic mass is 16.5. The molecule has 4 rings (SSSR count). The fraction of sp³-hybridized carbons (Fsp3) is 0.731. The summed E-state index contributed by atoms with van der Waals surface area (Å²) >= 11 is 0. The molecule has 0 aromatic carbocycles. The molecule has 31 heavy (non-hydrogen) atoms. The third kappa shape index (κ3) is 4.23. The van der Waals surface area contributed by atoms with Gasteiger partial charge in [0.1, 0.15) is 5.76 Å². The Morgan fingerprint density at radius 2 is 2.06 bits per heavy atom. The second-order valence-electron chi connectivity index (χ2n) is 10.4. The molecule has 3 aliphatic rings. The molecule has 2 heterocycles. The lowest BCUT2D eigenvalue weighted by atomic mass is 9.46. The first kappa shape index (κ1) is 22.6. The van der Waals surface area contributed by atoms with Gasteiger partial charge in [-0.05, 0) is 74.3 Å². The second kappa shape index (κ2) is 9.11. The third-order valence-electron chi connectivity index (χ3n) is 8.68. The van der Waals surface area contributed by atoms with Gasteiger partial charge in [0, 0.05) is 13.1 Å². The highest BCUT2D eigenvalue weighted by Crippen LogP contribution is 2.62. The highest BCUT2D eigenvalue weighted by Gasteiger charge is 2.57. The summed E-state index contributed by atoms with van der Waals surface area (Å²) in [6.07, 6.45) is 9.14. The molecule has 5 heteroatoms. The van der Waals surface area contributed by atoms with Crippen molar-refractivity contribution < 1.29 is 18.7 Å². The third-order valence-corrected chi connectivity index (χ3v) is 8.68. The van der Waals surface area contributed by atoms with Crippen molar-refractivity contribution >= 4 is 5.97 Å². The number of hydrogen-bond donors (Lipinski definition) is 0. The van der Waals surface area contributed by atoms with Gasteiger partial charge in [-0.3, -0.25) is 9.69 Å². The molecular formula is C26H39NO4. The lowest BCUT2D eigenvalue weighted by Gasteiger charge is -2.57. The zero-order valence-electron chi connectivity index (χ0n) is 19.6. The molecule has 5 nitrogen and oxygen atoms in total. The molecule has 0 radical (unpaired) electrons. The minimum absolute atomic E-state index is 0.0303. The maximum absolute atomic E-state index is 12.8. The molecule has 0 amide bonds. The zero-order chi connectivity index (χ0) is 22.1.